The van der Waals surface area contributed by atoms with Gasteiger partial charge in [-0.3, -0.25) is 9.59 Å². The van der Waals surface area contributed by atoms with Gasteiger partial charge in [-0.05, 0) is 148 Å². The summed E-state index contributed by atoms with van der Waals surface area (Å²) in [5.41, 5.74) is 1.13. The molecule has 2 aromatic rings. The van der Waals surface area contributed by atoms with E-state index >= 15 is 0 Å². The molecule has 0 atom stereocenters. The van der Waals surface area contributed by atoms with Gasteiger partial charge >= 0.3 is 35.5 Å². The Bertz CT molecular complexity index is 1270. The van der Waals surface area contributed by atoms with Crippen LogP contribution in [0.1, 0.15) is 33.6 Å². The number of nitrogens with one attached hydrogen (secondary N) is 2. The van der Waals surface area contributed by atoms with E-state index in [1.165, 1.54) is 0 Å². The van der Waals surface area contributed by atoms with E-state index in [0.717, 1.165) is 7.14 Å². The van der Waals surface area contributed by atoms with Gasteiger partial charge in [0.15, 0.2) is 0 Å². The Morgan fingerprint density at radius 2 is 0.933 bits per heavy atom. The van der Waals surface area contributed by atoms with Crippen LogP contribution in [0.5, 0.6) is 0 Å². The van der Waals surface area contributed by atoms with E-state index in [1.807, 2.05) is 113 Å². The quantitative estimate of drug-likeness (QED) is 0.107. The number of carbonyl (C=O) groups is 4. The number of hydrogen-bond acceptors (Lipinski definition) is 9. The molecule has 3 N–H and O–H groups in total. The van der Waals surface area contributed by atoms with Crippen LogP contribution in [0.3, 0.4) is 0 Å². The molecule has 2 amide bonds. The molecule has 0 aliphatic rings. The van der Waals surface area contributed by atoms with E-state index in [4.69, 9.17) is 18.9 Å². The van der Waals surface area contributed by atoms with E-state index in [9.17, 15) is 29.4 Å². The maximum Gasteiger partial charge on any atom is 1.00 e. The number of halogens is 6. The molecule has 0 saturated carbocycles. The molecule has 0 aliphatic heterocycles. The van der Waals surface area contributed by atoms with Crippen LogP contribution >= 0.6 is 136 Å². The van der Waals surface area contributed by atoms with Crippen molar-refractivity contribution in [3.05, 3.63) is 44.7 Å². The third-order valence-electron chi connectivity index (χ3n) is 5.35. The Balaban J connectivity index is 0.0000101. The first-order valence-corrected chi connectivity index (χ1v) is 19.0. The number of ether oxygens (including phenoxy) is 4. The first-order valence-electron chi connectivity index (χ1n) is 12.5. The normalized spacial score (nSPS) is 10.7. The molecule has 0 spiro atoms. The number of carbonyl (C=O) groups excluding carboxylic acids is 3. The van der Waals surface area contributed by atoms with Crippen molar-refractivity contribution in [3.63, 3.8) is 0 Å². The third-order valence-corrected chi connectivity index (χ3v) is 10.9. The molecule has 2 rings (SSSR count). The van der Waals surface area contributed by atoms with Crippen molar-refractivity contribution >= 4 is 171 Å². The van der Waals surface area contributed by atoms with Crippen LogP contribution in [0.2, 0.25) is 0 Å². The zero-order valence-electron chi connectivity index (χ0n) is 23.6. The van der Waals surface area contributed by atoms with Gasteiger partial charge in [-0.25, -0.2) is 4.79 Å². The van der Waals surface area contributed by atoms with Gasteiger partial charge in [-0.2, -0.15) is 0 Å². The van der Waals surface area contributed by atoms with Crippen molar-refractivity contribution in [2.24, 2.45) is 0 Å². The van der Waals surface area contributed by atoms with Crippen molar-refractivity contribution in [2.75, 3.05) is 63.5 Å². The minimum atomic E-state index is -1.30. The van der Waals surface area contributed by atoms with E-state index in [2.05, 4.69) is 33.2 Å². The van der Waals surface area contributed by atoms with Crippen molar-refractivity contribution in [1.82, 2.24) is 0 Å². The van der Waals surface area contributed by atoms with Crippen LogP contribution in [0.15, 0.2) is 12.1 Å². The molecule has 2 aromatic carbocycles. The van der Waals surface area contributed by atoms with E-state index in [1.54, 1.807) is 12.1 Å². The monoisotopic (exact) mass is 1310 g/mol. The van der Waals surface area contributed by atoms with Gasteiger partial charge < -0.3 is 44.6 Å². The maximum atomic E-state index is 12.3. The second-order valence-corrected chi connectivity index (χ2v) is 15.3. The number of aromatic carboxylic acids is 2. The molecule has 0 bridgehead atoms. The van der Waals surface area contributed by atoms with Crippen molar-refractivity contribution in [2.45, 2.75) is 12.8 Å². The average molecular weight is 1310 g/mol. The van der Waals surface area contributed by atoms with Gasteiger partial charge in [0, 0.05) is 23.4 Å². The molecule has 0 aromatic heterocycles. The Kier molecular flexibility index (Phi) is 23.6. The SMILES string of the molecule is O=C(CCOCCOCCOCCOCCC(=O)Nc1c(I)cc(I)c(C(=O)O)c1I)Nc1c(I)cc(I)c(C(=O)[O-])c1I.[Na+]. The van der Waals surface area contributed by atoms with E-state index < -0.39 is 11.9 Å². The van der Waals surface area contributed by atoms with Crippen LogP contribution < -0.4 is 45.3 Å². The first-order chi connectivity index (χ1) is 20.8. The minimum Gasteiger partial charge on any atom is -0.545 e. The predicted molar refractivity (Wildman–Crippen MR) is 210 cm³/mol. The molecule has 19 heteroatoms. The zero-order valence-corrected chi connectivity index (χ0v) is 38.6. The molecule has 242 valence electrons. The van der Waals surface area contributed by atoms with Gasteiger partial charge in [0.25, 0.3) is 0 Å². The topological polar surface area (TPSA) is 173 Å². The fourth-order valence-electron chi connectivity index (χ4n) is 3.29. The fourth-order valence-corrected chi connectivity index (χ4v) is 11.5. The number of carboxylic acid groups (broad SMARTS) is 2. The molecule has 0 aliphatic carbocycles. The third kappa shape index (κ3) is 15.5. The molecule has 0 unspecified atom stereocenters. The zero-order chi connectivity index (χ0) is 32.8. The molecule has 0 fully saturated rings. The summed E-state index contributed by atoms with van der Waals surface area (Å²) < 4.78 is 25.2. The van der Waals surface area contributed by atoms with Gasteiger partial charge in [-0.15, -0.1) is 0 Å². The Labute approximate surface area is 363 Å². The average Bonchev–Trinajstić information content (AvgIpc) is 2.92. The summed E-state index contributed by atoms with van der Waals surface area (Å²) in [4.78, 5) is 47.5. The Hall–Kier alpha value is 1.54. The number of amides is 2. The number of rotatable bonds is 19. The standard InChI is InChI=1S/C26H26I6N2O10.Na/c27-13-11-15(29)23(21(31)19(13)25(37)38)33-17(35)1-3-41-5-7-43-9-10-44-8-6-42-4-2-18(36)34-24-16(30)12-14(28)20(22(24)32)26(39)40;/h11-12H,1-10H2,(H,33,35)(H,34,36)(H,37,38)(H,39,40);/q;+1/p-1. The molecular formula is C26H25I6N2NaO10. The van der Waals surface area contributed by atoms with Crippen LogP contribution in [0, 0.1) is 21.4 Å². The van der Waals surface area contributed by atoms with Crippen molar-refractivity contribution in [1.29, 1.82) is 0 Å². The summed E-state index contributed by atoms with van der Waals surface area (Å²) in [6.45, 7) is 2.32. The number of hydrogen-bond donors (Lipinski definition) is 3. The van der Waals surface area contributed by atoms with E-state index in [-0.39, 0.29) is 78.6 Å². The van der Waals surface area contributed by atoms with Gasteiger partial charge in [-0.1, -0.05) is 0 Å². The summed E-state index contributed by atoms with van der Waals surface area (Å²) in [7, 11) is 0. The summed E-state index contributed by atoms with van der Waals surface area (Å²) >= 11 is 11.8. The van der Waals surface area contributed by atoms with Crippen molar-refractivity contribution in [3.8, 4) is 0 Å². The largest absolute Gasteiger partial charge is 1.00 e. The Morgan fingerprint density at radius 3 is 1.29 bits per heavy atom. The second kappa shape index (κ2) is 23.9. The number of anilines is 2. The van der Waals surface area contributed by atoms with Gasteiger partial charge in [0.1, 0.15) is 0 Å². The summed E-state index contributed by atoms with van der Waals surface area (Å²) in [6.07, 6.45) is 0.207. The van der Waals surface area contributed by atoms with Crippen LogP contribution in [-0.4, -0.2) is 81.7 Å². The summed E-state index contributed by atoms with van der Waals surface area (Å²) in [6, 6.07) is 3.38. The number of carboxylic acids is 2. The van der Waals surface area contributed by atoms with E-state index in [0.29, 0.717) is 65.3 Å². The predicted octanol–water partition coefficient (Wildman–Crippen LogP) is 1.80. The minimum absolute atomic E-state index is 0. The molecule has 0 saturated heterocycles. The fraction of sp³-hybridized carbons (Fsp3) is 0.385. The van der Waals surface area contributed by atoms with Crippen LogP contribution in [0.25, 0.3) is 0 Å². The maximum absolute atomic E-state index is 12.3. The molecule has 12 nitrogen and oxygen atoms in total. The second-order valence-electron chi connectivity index (χ2n) is 8.45. The van der Waals surface area contributed by atoms with Crippen molar-refractivity contribution < 1.29 is 77.9 Å². The smallest absolute Gasteiger partial charge is 0.545 e. The summed E-state index contributed by atoms with van der Waals surface area (Å²) in [5, 5.41) is 26.4. The number of benzene rings is 2. The Morgan fingerprint density at radius 1 is 0.600 bits per heavy atom. The first kappa shape index (κ1) is 44.6. The van der Waals surface area contributed by atoms with Crippen LogP contribution in [0.4, 0.5) is 11.4 Å². The molecule has 0 radical (unpaired) electrons. The molecule has 0 heterocycles. The summed E-state index contributed by atoms with van der Waals surface area (Å²) in [5.74, 6) is -2.92. The van der Waals surface area contributed by atoms with Gasteiger partial charge in [0.2, 0.25) is 11.8 Å². The molecular weight excluding hydrogens is 1280 g/mol. The van der Waals surface area contributed by atoms with Gasteiger partial charge in [0.05, 0.1) is 92.2 Å². The molecule has 45 heavy (non-hydrogen) atoms. The van der Waals surface area contributed by atoms with Crippen LogP contribution in [-0.2, 0) is 28.5 Å².